The number of benzene rings is 1. The Bertz CT molecular complexity index is 1030. The number of nitrogens with zero attached hydrogens (tertiary/aromatic N) is 5. The fraction of sp³-hybridized carbons (Fsp3) is 0.294. The molecule has 3 aromatic rings. The van der Waals surface area contributed by atoms with E-state index in [1.807, 2.05) is 6.92 Å². The highest BCUT2D eigenvalue weighted by atomic mass is 32.2. The number of hydrogen-bond acceptors (Lipinski definition) is 8. The van der Waals surface area contributed by atoms with Gasteiger partial charge in [-0.15, -0.1) is 0 Å². The van der Waals surface area contributed by atoms with Gasteiger partial charge in [0, 0.05) is 25.5 Å². The fourth-order valence-corrected chi connectivity index (χ4v) is 4.44. The van der Waals surface area contributed by atoms with Gasteiger partial charge in [0.1, 0.15) is 10.6 Å². The summed E-state index contributed by atoms with van der Waals surface area (Å²) in [6.45, 7) is 2.73. The molecule has 4 rings (SSSR count). The quantitative estimate of drug-likeness (QED) is 0.628. The van der Waals surface area contributed by atoms with Gasteiger partial charge < -0.3 is 9.26 Å². The molecule has 0 bridgehead atoms. The number of hydrogen-bond donors (Lipinski definition) is 0. The van der Waals surface area contributed by atoms with E-state index >= 15 is 0 Å². The summed E-state index contributed by atoms with van der Waals surface area (Å²) in [5.74, 6) is 1.21. The van der Waals surface area contributed by atoms with Gasteiger partial charge >= 0.3 is 0 Å². The Labute approximate surface area is 156 Å². The van der Waals surface area contributed by atoms with Gasteiger partial charge in [0.05, 0.1) is 12.5 Å². The predicted octanol–water partition coefficient (Wildman–Crippen LogP) is 1.71. The monoisotopic (exact) mass is 387 g/mol. The minimum atomic E-state index is -3.65. The van der Waals surface area contributed by atoms with Crippen LogP contribution >= 0.6 is 0 Å². The Morgan fingerprint density at radius 3 is 2.63 bits per heavy atom. The van der Waals surface area contributed by atoms with Crippen molar-refractivity contribution in [2.45, 2.75) is 17.7 Å². The van der Waals surface area contributed by atoms with Crippen LogP contribution in [-0.4, -0.2) is 52.5 Å². The van der Waals surface area contributed by atoms with E-state index in [2.05, 4.69) is 20.1 Å². The first-order valence-electron chi connectivity index (χ1n) is 8.42. The fourth-order valence-electron chi connectivity index (χ4n) is 2.77. The lowest BCUT2D eigenvalue weighted by Crippen LogP contribution is -2.48. The normalized spacial score (nSPS) is 15.4. The zero-order valence-corrected chi connectivity index (χ0v) is 15.3. The predicted molar refractivity (Wildman–Crippen MR) is 94.4 cm³/mol. The molecule has 27 heavy (non-hydrogen) atoms. The van der Waals surface area contributed by atoms with E-state index in [0.29, 0.717) is 24.1 Å². The second-order valence-corrected chi connectivity index (χ2v) is 7.83. The van der Waals surface area contributed by atoms with Crippen molar-refractivity contribution in [1.82, 2.24) is 24.4 Å². The summed E-state index contributed by atoms with van der Waals surface area (Å²) in [7, 11) is -3.65. The lowest BCUT2D eigenvalue weighted by molar-refractivity contribution is 0.216. The number of ether oxygens (including phenoxy) is 1. The van der Waals surface area contributed by atoms with Gasteiger partial charge in [-0.1, -0.05) is 17.3 Å². The smallest absolute Gasteiger partial charge is 0.246 e. The highest BCUT2D eigenvalue weighted by Crippen LogP contribution is 2.34. The molecule has 0 aliphatic carbocycles. The maximum absolute atomic E-state index is 12.9. The first-order valence-corrected chi connectivity index (χ1v) is 9.86. The van der Waals surface area contributed by atoms with Crippen molar-refractivity contribution >= 4 is 10.0 Å². The van der Waals surface area contributed by atoms with Crippen molar-refractivity contribution in [3.8, 4) is 17.4 Å². The van der Waals surface area contributed by atoms with Crippen LogP contribution in [0.25, 0.3) is 11.6 Å². The molecule has 0 amide bonds. The van der Waals surface area contributed by atoms with Gasteiger partial charge in [-0.3, -0.25) is 0 Å². The molecule has 1 aliphatic rings. The summed E-state index contributed by atoms with van der Waals surface area (Å²) in [5.41, 5.74) is 0. The summed E-state index contributed by atoms with van der Waals surface area (Å²) in [6.07, 6.45) is 3.18. The molecule has 2 aromatic heterocycles. The van der Waals surface area contributed by atoms with Crippen LogP contribution in [0.2, 0.25) is 0 Å². The van der Waals surface area contributed by atoms with Crippen LogP contribution in [0, 0.1) is 0 Å². The number of rotatable bonds is 6. The van der Waals surface area contributed by atoms with Crippen molar-refractivity contribution in [2.75, 3.05) is 19.7 Å². The van der Waals surface area contributed by atoms with E-state index in [-0.39, 0.29) is 29.7 Å². The number of aromatic nitrogens is 4. The summed E-state index contributed by atoms with van der Waals surface area (Å²) in [6, 6.07) is 8.31. The van der Waals surface area contributed by atoms with Gasteiger partial charge in [-0.2, -0.15) is 9.29 Å². The first kappa shape index (κ1) is 17.6. The molecule has 10 heteroatoms. The zero-order valence-electron chi connectivity index (χ0n) is 14.5. The van der Waals surface area contributed by atoms with Crippen LogP contribution in [0.5, 0.6) is 5.75 Å². The standard InChI is InChI=1S/C17H17N5O4S/c1-2-25-13-6-3-4-7-14(13)27(23,24)22-10-12(11-22)17-20-16(21-26-17)15-18-8-5-9-19-15/h3-9,12H,2,10-11H2,1H3. The van der Waals surface area contributed by atoms with Crippen LogP contribution in [0.4, 0.5) is 0 Å². The molecular formula is C17H17N5O4S. The van der Waals surface area contributed by atoms with E-state index < -0.39 is 10.0 Å². The average molecular weight is 387 g/mol. The van der Waals surface area contributed by atoms with Gasteiger partial charge in [-0.25, -0.2) is 18.4 Å². The summed E-state index contributed by atoms with van der Waals surface area (Å²) in [5, 5.41) is 3.87. The lowest BCUT2D eigenvalue weighted by atomic mass is 10.0. The molecule has 0 radical (unpaired) electrons. The third-order valence-corrected chi connectivity index (χ3v) is 6.04. The third-order valence-electron chi connectivity index (χ3n) is 4.17. The van der Waals surface area contributed by atoms with Crippen LogP contribution in [-0.2, 0) is 10.0 Å². The summed E-state index contributed by atoms with van der Waals surface area (Å²) < 4.78 is 37.8. The molecular weight excluding hydrogens is 370 g/mol. The largest absolute Gasteiger partial charge is 0.492 e. The van der Waals surface area contributed by atoms with Gasteiger partial charge in [0.15, 0.2) is 0 Å². The first-order chi connectivity index (χ1) is 13.1. The van der Waals surface area contributed by atoms with Gasteiger partial charge in [0.25, 0.3) is 0 Å². The number of sulfonamides is 1. The van der Waals surface area contributed by atoms with E-state index in [0.717, 1.165) is 0 Å². The van der Waals surface area contributed by atoms with Crippen LogP contribution in [0.1, 0.15) is 18.7 Å². The molecule has 1 aromatic carbocycles. The Balaban J connectivity index is 1.49. The Hall–Kier alpha value is -2.85. The van der Waals surface area contributed by atoms with E-state index in [1.54, 1.807) is 42.7 Å². The van der Waals surface area contributed by atoms with Crippen molar-refractivity contribution in [1.29, 1.82) is 0 Å². The van der Waals surface area contributed by atoms with Crippen LogP contribution < -0.4 is 4.74 Å². The molecule has 0 N–H and O–H groups in total. The average Bonchev–Trinajstić information content (AvgIpc) is 3.11. The molecule has 1 aliphatic heterocycles. The minimum absolute atomic E-state index is 0.161. The molecule has 140 valence electrons. The highest BCUT2D eigenvalue weighted by molar-refractivity contribution is 7.89. The minimum Gasteiger partial charge on any atom is -0.492 e. The van der Waals surface area contributed by atoms with E-state index in [1.165, 1.54) is 4.31 Å². The van der Waals surface area contributed by atoms with Crippen LogP contribution in [0.3, 0.4) is 0 Å². The van der Waals surface area contributed by atoms with Crippen molar-refractivity contribution < 1.29 is 17.7 Å². The Kier molecular flexibility index (Phi) is 4.58. The van der Waals surface area contributed by atoms with E-state index in [9.17, 15) is 8.42 Å². The molecule has 9 nitrogen and oxygen atoms in total. The maximum atomic E-state index is 12.9. The highest BCUT2D eigenvalue weighted by Gasteiger charge is 2.41. The molecule has 1 saturated heterocycles. The molecule has 3 heterocycles. The second kappa shape index (κ2) is 7.05. The zero-order chi connectivity index (χ0) is 18.9. The summed E-state index contributed by atoms with van der Waals surface area (Å²) in [4.78, 5) is 12.6. The van der Waals surface area contributed by atoms with Gasteiger partial charge in [-0.05, 0) is 25.1 Å². The Morgan fingerprint density at radius 1 is 1.15 bits per heavy atom. The van der Waals surface area contributed by atoms with E-state index in [4.69, 9.17) is 9.26 Å². The number of para-hydroxylation sites is 1. The molecule has 0 atom stereocenters. The lowest BCUT2D eigenvalue weighted by Gasteiger charge is -2.36. The topological polar surface area (TPSA) is 111 Å². The molecule has 0 spiro atoms. The molecule has 0 unspecified atom stereocenters. The van der Waals surface area contributed by atoms with Crippen LogP contribution in [0.15, 0.2) is 52.1 Å². The van der Waals surface area contributed by atoms with Gasteiger partial charge in [0.2, 0.25) is 27.6 Å². The van der Waals surface area contributed by atoms with Crippen molar-refractivity contribution in [3.05, 3.63) is 48.6 Å². The van der Waals surface area contributed by atoms with Crippen molar-refractivity contribution in [2.24, 2.45) is 0 Å². The summed E-state index contributed by atoms with van der Waals surface area (Å²) >= 11 is 0. The second-order valence-electron chi connectivity index (χ2n) is 5.93. The van der Waals surface area contributed by atoms with Crippen molar-refractivity contribution in [3.63, 3.8) is 0 Å². The molecule has 0 saturated carbocycles. The molecule has 1 fully saturated rings. The Morgan fingerprint density at radius 2 is 1.89 bits per heavy atom. The third kappa shape index (κ3) is 3.28. The maximum Gasteiger partial charge on any atom is 0.246 e. The SMILES string of the molecule is CCOc1ccccc1S(=O)(=O)N1CC(c2nc(-c3ncccn3)no2)C1.